The van der Waals surface area contributed by atoms with E-state index in [9.17, 15) is 0 Å². The van der Waals surface area contributed by atoms with Gasteiger partial charge in [0.15, 0.2) is 5.82 Å². The number of aryl methyl sites for hydroxylation is 1. The Morgan fingerprint density at radius 2 is 2.20 bits per heavy atom. The van der Waals surface area contributed by atoms with Gasteiger partial charge in [0.25, 0.3) is 0 Å². The average molecular weight is 225 g/mol. The molecule has 0 aliphatic carbocycles. The van der Waals surface area contributed by atoms with Crippen molar-refractivity contribution >= 4 is 16.3 Å². The van der Waals surface area contributed by atoms with Gasteiger partial charge in [-0.25, -0.2) is 0 Å². The Labute approximate surface area is 92.3 Å². The number of hydrogen-bond acceptors (Lipinski definition) is 5. The second kappa shape index (κ2) is 4.24. The predicted octanol–water partition coefficient (Wildman–Crippen LogP) is 1.20. The Morgan fingerprint density at radius 1 is 1.40 bits per heavy atom. The molecule has 0 radical (unpaired) electrons. The first-order valence-electron chi connectivity index (χ1n) is 5.13. The van der Waals surface area contributed by atoms with Crippen LogP contribution in [-0.4, -0.2) is 26.4 Å². The van der Waals surface area contributed by atoms with E-state index in [1.165, 1.54) is 0 Å². The van der Waals surface area contributed by atoms with Crippen LogP contribution in [0, 0.1) is 0 Å². The zero-order valence-corrected chi connectivity index (χ0v) is 9.79. The Bertz CT molecular complexity index is 444. The maximum Gasteiger partial charge on any atom is 0.234 e. The van der Waals surface area contributed by atoms with Crippen LogP contribution in [0.1, 0.15) is 37.0 Å². The van der Waals surface area contributed by atoms with Crippen LogP contribution in [0.25, 0.3) is 4.96 Å². The molecule has 0 aliphatic heterocycles. The second-order valence-electron chi connectivity index (χ2n) is 3.80. The largest absolute Gasteiger partial charge is 0.330 e. The van der Waals surface area contributed by atoms with Crippen LogP contribution in [0.4, 0.5) is 0 Å². The van der Waals surface area contributed by atoms with E-state index in [4.69, 9.17) is 5.73 Å². The molecular weight excluding hydrogens is 210 g/mol. The summed E-state index contributed by atoms with van der Waals surface area (Å²) in [4.78, 5) is 0.880. The quantitative estimate of drug-likeness (QED) is 0.849. The maximum atomic E-state index is 5.47. The van der Waals surface area contributed by atoms with Crippen molar-refractivity contribution in [1.82, 2.24) is 19.8 Å². The molecule has 2 aromatic rings. The molecule has 15 heavy (non-hydrogen) atoms. The van der Waals surface area contributed by atoms with Crippen molar-refractivity contribution in [2.75, 3.05) is 6.54 Å². The summed E-state index contributed by atoms with van der Waals surface area (Å²) in [5.41, 5.74) is 5.47. The smallest absolute Gasteiger partial charge is 0.234 e. The van der Waals surface area contributed by atoms with Crippen molar-refractivity contribution in [3.63, 3.8) is 0 Å². The first-order chi connectivity index (χ1) is 7.22. The normalized spacial score (nSPS) is 11.7. The number of rotatable bonds is 4. The van der Waals surface area contributed by atoms with E-state index in [2.05, 4.69) is 29.1 Å². The summed E-state index contributed by atoms with van der Waals surface area (Å²) in [5, 5.41) is 13.8. The van der Waals surface area contributed by atoms with Crippen LogP contribution in [0.15, 0.2) is 0 Å². The molecule has 82 valence electrons. The molecule has 0 aromatic carbocycles. The number of aromatic nitrogens is 4. The molecule has 2 rings (SSSR count). The Kier molecular flexibility index (Phi) is 2.97. The molecule has 0 amide bonds. The number of fused-ring (bicyclic) bond motifs is 1. The summed E-state index contributed by atoms with van der Waals surface area (Å²) in [6.07, 6.45) is 1.91. The molecule has 0 aliphatic rings. The molecular formula is C9H15N5S. The van der Waals surface area contributed by atoms with E-state index in [0.29, 0.717) is 12.5 Å². The van der Waals surface area contributed by atoms with Gasteiger partial charge in [-0.3, -0.25) is 0 Å². The summed E-state index contributed by atoms with van der Waals surface area (Å²) >= 11 is 1.60. The minimum atomic E-state index is 0.351. The van der Waals surface area contributed by atoms with E-state index in [-0.39, 0.29) is 0 Å². The molecule has 0 saturated heterocycles. The zero-order chi connectivity index (χ0) is 10.8. The molecule has 0 fully saturated rings. The first kappa shape index (κ1) is 10.5. The first-order valence-corrected chi connectivity index (χ1v) is 5.95. The van der Waals surface area contributed by atoms with E-state index in [1.807, 2.05) is 4.52 Å². The molecule has 2 N–H and O–H groups in total. The van der Waals surface area contributed by atoms with Gasteiger partial charge in [-0.2, -0.15) is 9.61 Å². The number of hydrogen-bond donors (Lipinski definition) is 1. The topological polar surface area (TPSA) is 69.1 Å². The van der Waals surface area contributed by atoms with Gasteiger partial charge in [-0.05, 0) is 13.0 Å². The van der Waals surface area contributed by atoms with Gasteiger partial charge in [0.2, 0.25) is 4.96 Å². The van der Waals surface area contributed by atoms with Crippen LogP contribution in [0.3, 0.4) is 0 Å². The molecule has 0 saturated carbocycles. The maximum absolute atomic E-state index is 5.47. The summed E-state index contributed by atoms with van der Waals surface area (Å²) in [6, 6.07) is 0. The summed E-state index contributed by atoms with van der Waals surface area (Å²) < 4.78 is 1.85. The molecule has 5 nitrogen and oxygen atoms in total. The van der Waals surface area contributed by atoms with E-state index in [0.717, 1.165) is 28.6 Å². The van der Waals surface area contributed by atoms with Crippen LogP contribution in [0.5, 0.6) is 0 Å². The van der Waals surface area contributed by atoms with Crippen LogP contribution >= 0.6 is 11.3 Å². The lowest BCUT2D eigenvalue weighted by atomic mass is 10.2. The van der Waals surface area contributed by atoms with Gasteiger partial charge in [0, 0.05) is 12.3 Å². The molecule has 0 bridgehead atoms. The third-order valence-electron chi connectivity index (χ3n) is 2.17. The SMILES string of the molecule is CC(C)c1nnc2sc(CCCN)nn12. The lowest BCUT2D eigenvalue weighted by molar-refractivity contribution is 0.710. The summed E-state index contributed by atoms with van der Waals surface area (Å²) in [5.74, 6) is 1.28. The number of nitrogens with zero attached hydrogens (tertiary/aromatic N) is 4. The predicted molar refractivity (Wildman–Crippen MR) is 60.1 cm³/mol. The van der Waals surface area contributed by atoms with Crippen molar-refractivity contribution in [3.05, 3.63) is 10.8 Å². The molecule has 0 atom stereocenters. The lowest BCUT2D eigenvalue weighted by Gasteiger charge is -1.97. The van der Waals surface area contributed by atoms with Gasteiger partial charge in [0.05, 0.1) is 0 Å². The highest BCUT2D eigenvalue weighted by Crippen LogP contribution is 2.19. The van der Waals surface area contributed by atoms with Gasteiger partial charge in [-0.1, -0.05) is 25.2 Å². The zero-order valence-electron chi connectivity index (χ0n) is 8.97. The fourth-order valence-electron chi connectivity index (χ4n) is 1.39. The highest BCUT2D eigenvalue weighted by atomic mass is 32.1. The van der Waals surface area contributed by atoms with Crippen molar-refractivity contribution < 1.29 is 0 Å². The molecule has 6 heteroatoms. The van der Waals surface area contributed by atoms with Crippen LogP contribution in [-0.2, 0) is 6.42 Å². The van der Waals surface area contributed by atoms with E-state index >= 15 is 0 Å². The van der Waals surface area contributed by atoms with Crippen molar-refractivity contribution in [2.24, 2.45) is 5.73 Å². The molecule has 0 unspecified atom stereocenters. The Hall–Kier alpha value is -1.01. The average Bonchev–Trinajstić information content (AvgIpc) is 2.72. The third-order valence-corrected chi connectivity index (χ3v) is 3.13. The van der Waals surface area contributed by atoms with Crippen LogP contribution < -0.4 is 5.73 Å². The van der Waals surface area contributed by atoms with Gasteiger partial charge >= 0.3 is 0 Å². The third kappa shape index (κ3) is 2.00. The van der Waals surface area contributed by atoms with E-state index < -0.39 is 0 Å². The minimum Gasteiger partial charge on any atom is -0.330 e. The van der Waals surface area contributed by atoms with Crippen molar-refractivity contribution in [1.29, 1.82) is 0 Å². The van der Waals surface area contributed by atoms with Crippen LogP contribution in [0.2, 0.25) is 0 Å². The molecule has 2 aromatic heterocycles. The van der Waals surface area contributed by atoms with Crippen molar-refractivity contribution in [3.8, 4) is 0 Å². The summed E-state index contributed by atoms with van der Waals surface area (Å²) in [7, 11) is 0. The molecule has 2 heterocycles. The monoisotopic (exact) mass is 225 g/mol. The molecule has 0 spiro atoms. The standard InChI is InChI=1S/C9H15N5S/c1-6(2)8-11-12-9-14(8)13-7(15-9)4-3-5-10/h6H,3-5,10H2,1-2H3. The van der Waals surface area contributed by atoms with E-state index in [1.54, 1.807) is 11.3 Å². The van der Waals surface area contributed by atoms with Gasteiger partial charge < -0.3 is 5.73 Å². The highest BCUT2D eigenvalue weighted by molar-refractivity contribution is 7.16. The minimum absolute atomic E-state index is 0.351. The summed E-state index contributed by atoms with van der Waals surface area (Å²) in [6.45, 7) is 4.89. The van der Waals surface area contributed by atoms with Gasteiger partial charge in [-0.15, -0.1) is 10.2 Å². The van der Waals surface area contributed by atoms with Crippen molar-refractivity contribution in [2.45, 2.75) is 32.6 Å². The fourth-order valence-corrected chi connectivity index (χ4v) is 2.27. The van der Waals surface area contributed by atoms with Gasteiger partial charge in [0.1, 0.15) is 5.01 Å². The fraction of sp³-hybridized carbons (Fsp3) is 0.667. The lowest BCUT2D eigenvalue weighted by Crippen LogP contribution is -2.02. The number of nitrogens with two attached hydrogens (primary N) is 1. The Balaban J connectivity index is 2.30. The second-order valence-corrected chi connectivity index (χ2v) is 4.84. The Morgan fingerprint density at radius 3 is 2.87 bits per heavy atom. The highest BCUT2D eigenvalue weighted by Gasteiger charge is 2.13.